The van der Waals surface area contributed by atoms with Gasteiger partial charge in [-0.2, -0.15) is 18.4 Å². The van der Waals surface area contributed by atoms with Gasteiger partial charge in [-0.3, -0.25) is 0 Å². The SMILES string of the molecule is N#CCc1cc(CN)c(C(F)F)c(C(F)(F)F)n1. The lowest BCUT2D eigenvalue weighted by Gasteiger charge is -2.16. The largest absolute Gasteiger partial charge is 0.433 e. The van der Waals surface area contributed by atoms with Crippen molar-refractivity contribution >= 4 is 0 Å². The van der Waals surface area contributed by atoms with Gasteiger partial charge in [0.15, 0.2) is 5.69 Å². The van der Waals surface area contributed by atoms with E-state index in [4.69, 9.17) is 11.0 Å². The quantitative estimate of drug-likeness (QED) is 0.854. The Bertz CT molecular complexity index is 476. The second kappa shape index (κ2) is 5.27. The monoisotopic (exact) mass is 265 g/mol. The number of pyridine rings is 1. The summed E-state index contributed by atoms with van der Waals surface area (Å²) in [6, 6.07) is 2.60. The van der Waals surface area contributed by atoms with E-state index in [9.17, 15) is 22.0 Å². The fourth-order valence-corrected chi connectivity index (χ4v) is 1.47. The molecule has 8 heteroatoms. The average Bonchev–Trinajstić information content (AvgIpc) is 2.26. The molecule has 0 spiro atoms. The van der Waals surface area contributed by atoms with E-state index in [-0.39, 0.29) is 11.3 Å². The minimum atomic E-state index is -5.01. The Kier molecular flexibility index (Phi) is 4.19. The van der Waals surface area contributed by atoms with Crippen molar-refractivity contribution in [1.29, 1.82) is 5.26 Å². The molecule has 0 aliphatic heterocycles. The highest BCUT2D eigenvalue weighted by molar-refractivity contribution is 5.36. The number of hydrogen-bond acceptors (Lipinski definition) is 3. The second-order valence-corrected chi connectivity index (χ2v) is 3.37. The Balaban J connectivity index is 3.53. The van der Waals surface area contributed by atoms with Gasteiger partial charge in [0.05, 0.1) is 23.7 Å². The number of hydrogen-bond donors (Lipinski definition) is 1. The lowest BCUT2D eigenvalue weighted by Crippen LogP contribution is -2.17. The molecule has 18 heavy (non-hydrogen) atoms. The van der Waals surface area contributed by atoms with E-state index in [1.54, 1.807) is 6.07 Å². The van der Waals surface area contributed by atoms with Gasteiger partial charge in [0.25, 0.3) is 6.43 Å². The fraction of sp³-hybridized carbons (Fsp3) is 0.400. The third kappa shape index (κ3) is 2.92. The summed E-state index contributed by atoms with van der Waals surface area (Å²) in [5, 5.41) is 8.40. The molecule has 0 saturated heterocycles. The predicted octanol–water partition coefficient (Wildman–Crippen LogP) is 2.56. The molecule has 0 aliphatic rings. The second-order valence-electron chi connectivity index (χ2n) is 3.37. The van der Waals surface area contributed by atoms with E-state index < -0.39 is 36.8 Å². The number of halogens is 5. The van der Waals surface area contributed by atoms with Crippen LogP contribution in [0.4, 0.5) is 22.0 Å². The normalized spacial score (nSPS) is 11.7. The van der Waals surface area contributed by atoms with Crippen molar-refractivity contribution in [1.82, 2.24) is 4.98 Å². The van der Waals surface area contributed by atoms with Gasteiger partial charge >= 0.3 is 6.18 Å². The van der Waals surface area contributed by atoms with Crippen LogP contribution in [0.25, 0.3) is 0 Å². The van der Waals surface area contributed by atoms with Gasteiger partial charge in [-0.05, 0) is 11.6 Å². The number of aromatic nitrogens is 1. The fourth-order valence-electron chi connectivity index (χ4n) is 1.47. The molecule has 0 bridgehead atoms. The van der Waals surface area contributed by atoms with Gasteiger partial charge in [0.2, 0.25) is 0 Å². The Morgan fingerprint density at radius 1 is 1.39 bits per heavy atom. The molecule has 0 radical (unpaired) electrons. The van der Waals surface area contributed by atoms with Crippen LogP contribution in [0.5, 0.6) is 0 Å². The van der Waals surface area contributed by atoms with Crippen LogP contribution in [-0.4, -0.2) is 4.98 Å². The zero-order valence-corrected chi connectivity index (χ0v) is 8.93. The molecule has 1 heterocycles. The van der Waals surface area contributed by atoms with Crippen LogP contribution in [-0.2, 0) is 19.1 Å². The summed E-state index contributed by atoms with van der Waals surface area (Å²) in [6.45, 7) is -0.482. The summed E-state index contributed by atoms with van der Waals surface area (Å²) in [6.07, 6.45) is -8.75. The van der Waals surface area contributed by atoms with Gasteiger partial charge < -0.3 is 5.73 Å². The first-order chi connectivity index (χ1) is 8.31. The molecule has 0 saturated carbocycles. The highest BCUT2D eigenvalue weighted by atomic mass is 19.4. The molecule has 0 aromatic carbocycles. The molecule has 3 nitrogen and oxygen atoms in total. The molecule has 98 valence electrons. The zero-order chi connectivity index (χ0) is 13.9. The number of nitriles is 1. The summed E-state index contributed by atoms with van der Waals surface area (Å²) >= 11 is 0. The predicted molar refractivity (Wildman–Crippen MR) is 51.4 cm³/mol. The summed E-state index contributed by atoms with van der Waals surface area (Å²) in [5.74, 6) is 0. The van der Waals surface area contributed by atoms with Crippen molar-refractivity contribution in [2.45, 2.75) is 25.6 Å². The summed E-state index contributed by atoms with van der Waals surface area (Å²) in [4.78, 5) is 3.08. The number of nitrogens with two attached hydrogens (primary N) is 1. The minimum Gasteiger partial charge on any atom is -0.326 e. The molecule has 0 atom stereocenters. The van der Waals surface area contributed by atoms with Crippen molar-refractivity contribution in [3.8, 4) is 6.07 Å². The maximum absolute atomic E-state index is 12.7. The lowest BCUT2D eigenvalue weighted by molar-refractivity contribution is -0.143. The molecule has 1 aromatic rings. The topological polar surface area (TPSA) is 62.7 Å². The first kappa shape index (κ1) is 14.3. The van der Waals surface area contributed by atoms with Crippen LogP contribution in [0.15, 0.2) is 6.07 Å². The van der Waals surface area contributed by atoms with E-state index >= 15 is 0 Å². The molecule has 1 rings (SSSR count). The highest BCUT2D eigenvalue weighted by Gasteiger charge is 2.39. The van der Waals surface area contributed by atoms with Crippen LogP contribution < -0.4 is 5.73 Å². The van der Waals surface area contributed by atoms with Crippen molar-refractivity contribution < 1.29 is 22.0 Å². The molecule has 0 amide bonds. The lowest BCUT2D eigenvalue weighted by atomic mass is 10.0. The van der Waals surface area contributed by atoms with E-state index in [1.807, 2.05) is 0 Å². The maximum Gasteiger partial charge on any atom is 0.433 e. The van der Waals surface area contributed by atoms with Crippen LogP contribution in [0.1, 0.15) is 28.9 Å². The Hall–Kier alpha value is -1.75. The van der Waals surface area contributed by atoms with Crippen LogP contribution in [0.3, 0.4) is 0 Å². The third-order valence-corrected chi connectivity index (χ3v) is 2.16. The Morgan fingerprint density at radius 3 is 2.39 bits per heavy atom. The van der Waals surface area contributed by atoms with Gasteiger partial charge in [-0.25, -0.2) is 13.8 Å². The van der Waals surface area contributed by atoms with Gasteiger partial charge in [-0.15, -0.1) is 0 Å². The summed E-state index contributed by atoms with van der Waals surface area (Å²) in [5.41, 5.74) is 1.69. The van der Waals surface area contributed by atoms with Gasteiger partial charge in [-0.1, -0.05) is 0 Å². The number of nitrogens with zero attached hydrogens (tertiary/aromatic N) is 2. The first-order valence-electron chi connectivity index (χ1n) is 4.76. The summed E-state index contributed by atoms with van der Waals surface area (Å²) in [7, 11) is 0. The van der Waals surface area contributed by atoms with Gasteiger partial charge in [0.1, 0.15) is 0 Å². The average molecular weight is 265 g/mol. The Morgan fingerprint density at radius 2 is 2.00 bits per heavy atom. The highest BCUT2D eigenvalue weighted by Crippen LogP contribution is 2.37. The van der Waals surface area contributed by atoms with Crippen LogP contribution in [0.2, 0.25) is 0 Å². The van der Waals surface area contributed by atoms with Crippen molar-refractivity contribution in [3.05, 3.63) is 28.6 Å². The maximum atomic E-state index is 12.7. The molecular formula is C10H8F5N3. The first-order valence-corrected chi connectivity index (χ1v) is 4.76. The molecule has 2 N–H and O–H groups in total. The zero-order valence-electron chi connectivity index (χ0n) is 8.93. The van der Waals surface area contributed by atoms with E-state index in [0.717, 1.165) is 6.07 Å². The third-order valence-electron chi connectivity index (χ3n) is 2.16. The molecule has 1 aromatic heterocycles. The van der Waals surface area contributed by atoms with Crippen LogP contribution in [0, 0.1) is 11.3 Å². The molecular weight excluding hydrogens is 257 g/mol. The van der Waals surface area contributed by atoms with E-state index in [1.165, 1.54) is 0 Å². The van der Waals surface area contributed by atoms with Gasteiger partial charge in [0, 0.05) is 6.54 Å². The van der Waals surface area contributed by atoms with Crippen molar-refractivity contribution in [2.75, 3.05) is 0 Å². The number of rotatable bonds is 3. The number of alkyl halides is 5. The standard InChI is InChI=1S/C10H8F5N3/c11-9(12)7-5(4-17)3-6(1-2-16)18-8(7)10(13,14)15/h3,9H,1,4,17H2. The molecule has 0 aliphatic carbocycles. The van der Waals surface area contributed by atoms with Crippen molar-refractivity contribution in [3.63, 3.8) is 0 Å². The van der Waals surface area contributed by atoms with Crippen LogP contribution >= 0.6 is 0 Å². The van der Waals surface area contributed by atoms with E-state index in [2.05, 4.69) is 4.98 Å². The van der Waals surface area contributed by atoms with E-state index in [0.29, 0.717) is 0 Å². The van der Waals surface area contributed by atoms with Crippen molar-refractivity contribution in [2.24, 2.45) is 5.73 Å². The minimum absolute atomic E-state index is 0.227. The summed E-state index contributed by atoms with van der Waals surface area (Å²) < 4.78 is 63.2. The smallest absolute Gasteiger partial charge is 0.326 e. The Labute approximate surface area is 99.0 Å². The molecule has 0 fully saturated rings. The molecule has 0 unspecified atom stereocenters.